The fraction of sp³-hybridized carbons (Fsp3) is 0.300. The number of thiazole rings is 1. The van der Waals surface area contributed by atoms with E-state index in [1.54, 1.807) is 18.4 Å². The zero-order chi connectivity index (χ0) is 19.1. The van der Waals surface area contributed by atoms with Gasteiger partial charge >= 0.3 is 0 Å². The van der Waals surface area contributed by atoms with Crippen LogP contribution in [0.2, 0.25) is 0 Å². The van der Waals surface area contributed by atoms with Crippen molar-refractivity contribution in [2.24, 2.45) is 0 Å². The van der Waals surface area contributed by atoms with Gasteiger partial charge in [0.1, 0.15) is 0 Å². The van der Waals surface area contributed by atoms with Crippen LogP contribution in [0.25, 0.3) is 16.5 Å². The standard InChI is InChI=1S/C20H20N4O3S/c1-13-4-2-5-14(12-13)16(23-7-10-26-11-8-23)17-19(25)24-20(28-17)21-18(22-24)15-6-3-9-27-15/h2-6,9,12,16,25H,7-8,10-11H2,1H3/t16-/m0/s1. The second-order valence-electron chi connectivity index (χ2n) is 6.86. The van der Waals surface area contributed by atoms with E-state index in [9.17, 15) is 5.11 Å². The van der Waals surface area contributed by atoms with Crippen molar-refractivity contribution in [1.29, 1.82) is 0 Å². The number of aromatic hydroxyl groups is 1. The molecule has 0 spiro atoms. The third-order valence-corrected chi connectivity index (χ3v) is 6.03. The van der Waals surface area contributed by atoms with Gasteiger partial charge in [0.25, 0.3) is 0 Å². The van der Waals surface area contributed by atoms with Crippen molar-refractivity contribution in [2.45, 2.75) is 13.0 Å². The zero-order valence-corrected chi connectivity index (χ0v) is 16.2. The number of hydrogen-bond acceptors (Lipinski definition) is 7. The van der Waals surface area contributed by atoms with E-state index in [1.807, 2.05) is 0 Å². The van der Waals surface area contributed by atoms with Gasteiger partial charge in [-0.3, -0.25) is 4.90 Å². The molecule has 5 rings (SSSR count). The van der Waals surface area contributed by atoms with Crippen LogP contribution in [0.3, 0.4) is 0 Å². The Hall–Kier alpha value is -2.68. The van der Waals surface area contributed by atoms with Gasteiger partial charge in [-0.1, -0.05) is 41.2 Å². The van der Waals surface area contributed by atoms with Crippen molar-refractivity contribution in [3.05, 3.63) is 58.7 Å². The smallest absolute Gasteiger partial charge is 0.230 e. The topological polar surface area (TPSA) is 76.0 Å². The van der Waals surface area contributed by atoms with Crippen LogP contribution in [-0.2, 0) is 4.74 Å². The summed E-state index contributed by atoms with van der Waals surface area (Å²) < 4.78 is 12.4. The van der Waals surface area contributed by atoms with Gasteiger partial charge in [0.2, 0.25) is 16.7 Å². The molecule has 1 aliphatic rings. The highest BCUT2D eigenvalue weighted by Gasteiger charge is 2.31. The summed E-state index contributed by atoms with van der Waals surface area (Å²) in [6.07, 6.45) is 1.59. The molecule has 1 aromatic carbocycles. The summed E-state index contributed by atoms with van der Waals surface area (Å²) in [7, 11) is 0. The molecular formula is C20H20N4O3S. The molecule has 0 unspecified atom stereocenters. The van der Waals surface area contributed by atoms with Crippen molar-refractivity contribution in [3.63, 3.8) is 0 Å². The summed E-state index contributed by atoms with van der Waals surface area (Å²) in [6, 6.07) is 12.0. The summed E-state index contributed by atoms with van der Waals surface area (Å²) in [5, 5.41) is 15.5. The molecule has 1 atom stereocenters. The van der Waals surface area contributed by atoms with E-state index in [1.165, 1.54) is 21.4 Å². The molecule has 1 saturated heterocycles. The Labute approximate surface area is 165 Å². The van der Waals surface area contributed by atoms with E-state index in [0.717, 1.165) is 23.5 Å². The van der Waals surface area contributed by atoms with E-state index < -0.39 is 0 Å². The highest BCUT2D eigenvalue weighted by Crippen LogP contribution is 2.40. The van der Waals surface area contributed by atoms with Gasteiger partial charge in [-0.25, -0.2) is 0 Å². The second kappa shape index (κ2) is 7.05. The molecule has 144 valence electrons. The fourth-order valence-electron chi connectivity index (χ4n) is 3.64. The molecule has 0 amide bonds. The monoisotopic (exact) mass is 396 g/mol. The largest absolute Gasteiger partial charge is 0.492 e. The lowest BCUT2D eigenvalue weighted by Crippen LogP contribution is -2.39. The van der Waals surface area contributed by atoms with E-state index in [4.69, 9.17) is 9.15 Å². The maximum atomic E-state index is 11.0. The first-order valence-corrected chi connectivity index (χ1v) is 10.0. The van der Waals surface area contributed by atoms with Crippen LogP contribution >= 0.6 is 11.3 Å². The highest BCUT2D eigenvalue weighted by molar-refractivity contribution is 7.17. The predicted octanol–water partition coefficient (Wildman–Crippen LogP) is 3.49. The summed E-state index contributed by atoms with van der Waals surface area (Å²) in [4.78, 5) is 8.38. The molecular weight excluding hydrogens is 376 g/mol. The number of benzene rings is 1. The maximum Gasteiger partial charge on any atom is 0.230 e. The number of fused-ring (bicyclic) bond motifs is 1. The molecule has 0 radical (unpaired) electrons. The Bertz CT molecular complexity index is 1100. The molecule has 1 aliphatic heterocycles. The quantitative estimate of drug-likeness (QED) is 0.569. The van der Waals surface area contributed by atoms with Gasteiger partial charge in [0, 0.05) is 13.1 Å². The van der Waals surface area contributed by atoms with Crippen molar-refractivity contribution in [1.82, 2.24) is 19.5 Å². The van der Waals surface area contributed by atoms with Crippen LogP contribution in [-0.4, -0.2) is 50.9 Å². The predicted molar refractivity (Wildman–Crippen MR) is 106 cm³/mol. The van der Waals surface area contributed by atoms with Gasteiger partial charge in [0.05, 0.1) is 30.4 Å². The molecule has 0 bridgehead atoms. The Morgan fingerprint density at radius 1 is 1.18 bits per heavy atom. The summed E-state index contributed by atoms with van der Waals surface area (Å²) in [6.45, 7) is 5.07. The number of nitrogens with zero attached hydrogens (tertiary/aromatic N) is 4. The molecule has 4 aromatic rings. The molecule has 28 heavy (non-hydrogen) atoms. The molecule has 0 saturated carbocycles. The number of rotatable bonds is 4. The van der Waals surface area contributed by atoms with Gasteiger partial charge in [-0.05, 0) is 24.6 Å². The Morgan fingerprint density at radius 2 is 2.04 bits per heavy atom. The van der Waals surface area contributed by atoms with Crippen LogP contribution < -0.4 is 0 Å². The first-order chi connectivity index (χ1) is 13.7. The zero-order valence-electron chi connectivity index (χ0n) is 15.4. The average molecular weight is 396 g/mol. The number of hydrogen-bond donors (Lipinski definition) is 1. The molecule has 1 fully saturated rings. The van der Waals surface area contributed by atoms with Gasteiger partial charge < -0.3 is 14.3 Å². The van der Waals surface area contributed by atoms with Crippen LogP contribution in [0, 0.1) is 6.92 Å². The van der Waals surface area contributed by atoms with Crippen molar-refractivity contribution >= 4 is 16.3 Å². The lowest BCUT2D eigenvalue weighted by atomic mass is 10.0. The summed E-state index contributed by atoms with van der Waals surface area (Å²) >= 11 is 1.46. The van der Waals surface area contributed by atoms with E-state index in [2.05, 4.69) is 46.2 Å². The van der Waals surface area contributed by atoms with Crippen molar-refractivity contribution in [2.75, 3.05) is 26.3 Å². The third-order valence-electron chi connectivity index (χ3n) is 4.96. The minimum absolute atomic E-state index is 0.0654. The number of aryl methyl sites for hydroxylation is 1. The van der Waals surface area contributed by atoms with Crippen LogP contribution in [0.1, 0.15) is 22.0 Å². The average Bonchev–Trinajstić information content (AvgIpc) is 3.42. The summed E-state index contributed by atoms with van der Waals surface area (Å²) in [5.41, 5.74) is 2.34. The number of aromatic nitrogens is 3. The number of morpholine rings is 1. The van der Waals surface area contributed by atoms with E-state index >= 15 is 0 Å². The normalized spacial score (nSPS) is 16.6. The molecule has 1 N–H and O–H groups in total. The summed E-state index contributed by atoms with van der Waals surface area (Å²) in [5.74, 6) is 1.18. The Morgan fingerprint density at radius 3 is 2.75 bits per heavy atom. The van der Waals surface area contributed by atoms with Crippen LogP contribution in [0.5, 0.6) is 5.88 Å². The van der Waals surface area contributed by atoms with E-state index in [0.29, 0.717) is 29.8 Å². The molecule has 7 nitrogen and oxygen atoms in total. The Balaban J connectivity index is 1.60. The van der Waals surface area contributed by atoms with Crippen molar-refractivity contribution < 1.29 is 14.3 Å². The van der Waals surface area contributed by atoms with Crippen LogP contribution in [0.4, 0.5) is 0 Å². The molecule has 3 aromatic heterocycles. The Kier molecular flexibility index (Phi) is 4.38. The second-order valence-corrected chi connectivity index (χ2v) is 7.87. The first-order valence-electron chi connectivity index (χ1n) is 9.21. The lowest BCUT2D eigenvalue weighted by Gasteiger charge is -2.34. The first kappa shape index (κ1) is 17.4. The van der Waals surface area contributed by atoms with Gasteiger partial charge in [-0.2, -0.15) is 9.50 Å². The molecule has 8 heteroatoms. The number of furan rings is 1. The fourth-order valence-corrected chi connectivity index (χ4v) is 4.76. The minimum Gasteiger partial charge on any atom is -0.492 e. The van der Waals surface area contributed by atoms with Crippen molar-refractivity contribution in [3.8, 4) is 17.5 Å². The maximum absolute atomic E-state index is 11.0. The third kappa shape index (κ3) is 2.99. The van der Waals surface area contributed by atoms with E-state index in [-0.39, 0.29) is 11.9 Å². The highest BCUT2D eigenvalue weighted by atomic mass is 32.1. The molecule has 0 aliphatic carbocycles. The lowest BCUT2D eigenvalue weighted by molar-refractivity contribution is 0.0241. The van der Waals surface area contributed by atoms with Gasteiger partial charge in [0.15, 0.2) is 5.76 Å². The minimum atomic E-state index is -0.0654. The molecule has 4 heterocycles. The SMILES string of the molecule is Cc1cccc([C@@H](c2sc3nc(-c4ccco4)nn3c2O)N2CCOCC2)c1. The van der Waals surface area contributed by atoms with Crippen LogP contribution in [0.15, 0.2) is 47.1 Å². The van der Waals surface area contributed by atoms with Gasteiger partial charge in [-0.15, -0.1) is 5.10 Å². The number of ether oxygens (including phenoxy) is 1.